The Labute approximate surface area is 246 Å². The topological polar surface area (TPSA) is 95.1 Å². The maximum Gasteiger partial charge on any atom is 0.254 e. The number of carbonyl (C=O) groups excluding carboxylic acids is 2. The molecule has 2 atom stereocenters. The fourth-order valence-corrected chi connectivity index (χ4v) is 5.84. The van der Waals surface area contributed by atoms with Crippen molar-refractivity contribution in [2.45, 2.75) is 38.5 Å². The number of anilines is 1. The number of methoxy groups -OCH3 is 3. The number of hydrogen-bond donors (Lipinski definition) is 2. The lowest BCUT2D eigenvalue weighted by Crippen LogP contribution is -2.37. The molecular formula is C34H36N2O6. The van der Waals surface area contributed by atoms with Gasteiger partial charge in [-0.15, -0.1) is 0 Å². The lowest BCUT2D eigenvalue weighted by Gasteiger charge is -2.37. The number of allylic oxidation sites excluding steroid dienone is 3. The predicted molar refractivity (Wildman–Crippen MR) is 161 cm³/mol. The van der Waals surface area contributed by atoms with E-state index < -0.39 is 5.92 Å². The Bertz CT molecular complexity index is 1560. The fraction of sp³-hybridized carbons (Fsp3) is 0.294. The first-order chi connectivity index (χ1) is 20.4. The van der Waals surface area contributed by atoms with Gasteiger partial charge in [-0.2, -0.15) is 0 Å². The highest BCUT2D eigenvalue weighted by Gasteiger charge is 2.41. The van der Waals surface area contributed by atoms with Crippen molar-refractivity contribution in [3.63, 3.8) is 0 Å². The summed E-state index contributed by atoms with van der Waals surface area (Å²) in [5.41, 5.74) is 5.10. The minimum absolute atomic E-state index is 0.00223. The second-order valence-corrected chi connectivity index (χ2v) is 10.3. The standard InChI is InChI=1S/C34H36N2O6/c1-6-42-26-9-7-8-22(16-26)32-31(34(38)36-24-11-13-25(39-3)14-12-24)20(2)35-27-17-23(18-28(37)33(27)32)21-10-15-29(40-4)30(19-21)41-5/h7-16,19,23,32,35H,6,17-18H2,1-5H3,(H,36,38)/t23-,32-/m1/s1. The maximum absolute atomic E-state index is 14.0. The average Bonchev–Trinajstić information content (AvgIpc) is 3.00. The SMILES string of the molecule is CCOc1cccc([C@@H]2C(C(=O)Nc3ccc(OC)cc3)=C(C)NC3=C2C(=O)C[C@H](c2ccc(OC)c(OC)c2)C3)c1. The Balaban J connectivity index is 1.54. The smallest absolute Gasteiger partial charge is 0.254 e. The summed E-state index contributed by atoms with van der Waals surface area (Å²) in [6, 6.07) is 20.6. The Kier molecular flexibility index (Phi) is 8.52. The summed E-state index contributed by atoms with van der Waals surface area (Å²) in [5, 5.41) is 6.46. The highest BCUT2D eigenvalue weighted by molar-refractivity contribution is 6.10. The van der Waals surface area contributed by atoms with Gasteiger partial charge in [-0.25, -0.2) is 0 Å². The molecular weight excluding hydrogens is 532 g/mol. The molecule has 218 valence electrons. The summed E-state index contributed by atoms with van der Waals surface area (Å²) in [5.74, 6) is 1.75. The lowest BCUT2D eigenvalue weighted by atomic mass is 9.71. The number of ketones is 1. The molecule has 8 heteroatoms. The molecule has 3 aromatic rings. The van der Waals surface area contributed by atoms with Crippen LogP contribution in [-0.4, -0.2) is 39.6 Å². The maximum atomic E-state index is 14.0. The minimum atomic E-state index is -0.557. The second-order valence-electron chi connectivity index (χ2n) is 10.3. The Hall–Kier alpha value is -4.72. The predicted octanol–water partition coefficient (Wildman–Crippen LogP) is 6.11. The number of nitrogens with one attached hydrogen (secondary N) is 2. The molecule has 0 bridgehead atoms. The van der Waals surface area contributed by atoms with Crippen LogP contribution in [0.25, 0.3) is 0 Å². The van der Waals surface area contributed by atoms with Gasteiger partial charge in [-0.3, -0.25) is 9.59 Å². The zero-order valence-electron chi connectivity index (χ0n) is 24.6. The fourth-order valence-electron chi connectivity index (χ4n) is 5.84. The molecule has 0 fully saturated rings. The molecule has 3 aromatic carbocycles. The highest BCUT2D eigenvalue weighted by Crippen LogP contribution is 2.47. The first-order valence-electron chi connectivity index (χ1n) is 14.0. The minimum Gasteiger partial charge on any atom is -0.497 e. The van der Waals surface area contributed by atoms with Crippen LogP contribution in [0.1, 0.15) is 49.7 Å². The van der Waals surface area contributed by atoms with Crippen LogP contribution >= 0.6 is 0 Å². The third kappa shape index (κ3) is 5.70. The van der Waals surface area contributed by atoms with E-state index in [0.717, 1.165) is 16.8 Å². The molecule has 5 rings (SSSR count). The van der Waals surface area contributed by atoms with Gasteiger partial charge in [0.15, 0.2) is 17.3 Å². The van der Waals surface area contributed by atoms with Crippen LogP contribution in [0.5, 0.6) is 23.0 Å². The lowest BCUT2D eigenvalue weighted by molar-refractivity contribution is -0.116. The van der Waals surface area contributed by atoms with Gasteiger partial charge in [-0.1, -0.05) is 18.2 Å². The summed E-state index contributed by atoms with van der Waals surface area (Å²) >= 11 is 0. The monoisotopic (exact) mass is 568 g/mol. The van der Waals surface area contributed by atoms with Gasteiger partial charge in [-0.05, 0) is 85.8 Å². The molecule has 1 aliphatic heterocycles. The van der Waals surface area contributed by atoms with Gasteiger partial charge in [0, 0.05) is 40.6 Å². The summed E-state index contributed by atoms with van der Waals surface area (Å²) in [6.45, 7) is 4.32. The normalized spacial score (nSPS) is 18.2. The summed E-state index contributed by atoms with van der Waals surface area (Å²) < 4.78 is 22.0. The van der Waals surface area contributed by atoms with E-state index in [1.165, 1.54) is 0 Å². The summed E-state index contributed by atoms with van der Waals surface area (Å²) in [4.78, 5) is 27.9. The van der Waals surface area contributed by atoms with Crippen LogP contribution in [0.2, 0.25) is 0 Å². The molecule has 1 aliphatic carbocycles. The third-order valence-corrected chi connectivity index (χ3v) is 7.80. The van der Waals surface area contributed by atoms with Gasteiger partial charge >= 0.3 is 0 Å². The van der Waals surface area contributed by atoms with Crippen molar-refractivity contribution in [3.8, 4) is 23.0 Å². The van der Waals surface area contributed by atoms with E-state index >= 15 is 0 Å². The number of hydrogen-bond acceptors (Lipinski definition) is 7. The molecule has 2 N–H and O–H groups in total. The van der Waals surface area contributed by atoms with Gasteiger partial charge in [0.1, 0.15) is 11.5 Å². The van der Waals surface area contributed by atoms with E-state index in [-0.39, 0.29) is 17.6 Å². The van der Waals surface area contributed by atoms with E-state index in [0.29, 0.717) is 65.0 Å². The van der Waals surface area contributed by atoms with Crippen molar-refractivity contribution in [1.29, 1.82) is 0 Å². The van der Waals surface area contributed by atoms with Gasteiger partial charge in [0.05, 0.1) is 27.9 Å². The molecule has 0 unspecified atom stereocenters. The largest absolute Gasteiger partial charge is 0.497 e. The van der Waals surface area contributed by atoms with Crippen LogP contribution in [0.15, 0.2) is 89.3 Å². The van der Waals surface area contributed by atoms with Gasteiger partial charge < -0.3 is 29.6 Å². The van der Waals surface area contributed by atoms with Gasteiger partial charge in [0.25, 0.3) is 5.91 Å². The van der Waals surface area contributed by atoms with Crippen LogP contribution in [-0.2, 0) is 9.59 Å². The van der Waals surface area contributed by atoms with E-state index in [1.807, 2.05) is 56.3 Å². The Morgan fingerprint density at radius 1 is 0.881 bits per heavy atom. The Morgan fingerprint density at radius 3 is 2.33 bits per heavy atom. The van der Waals surface area contributed by atoms with Crippen LogP contribution in [0.3, 0.4) is 0 Å². The quantitative estimate of drug-likeness (QED) is 0.322. The van der Waals surface area contributed by atoms with Crippen molar-refractivity contribution in [3.05, 3.63) is 100 Å². The number of rotatable bonds is 9. The molecule has 2 aliphatic rings. The van der Waals surface area contributed by atoms with E-state index in [2.05, 4.69) is 10.6 Å². The number of Topliss-reactive ketones (excluding diaryl/α,β-unsaturated/α-hetero) is 1. The molecule has 1 heterocycles. The summed E-state index contributed by atoms with van der Waals surface area (Å²) in [7, 11) is 4.80. The molecule has 42 heavy (non-hydrogen) atoms. The van der Waals surface area contributed by atoms with Crippen molar-refractivity contribution in [2.75, 3.05) is 33.3 Å². The molecule has 0 saturated carbocycles. The highest BCUT2D eigenvalue weighted by atomic mass is 16.5. The van der Waals surface area contributed by atoms with Crippen LogP contribution in [0, 0.1) is 0 Å². The van der Waals surface area contributed by atoms with Crippen LogP contribution in [0.4, 0.5) is 5.69 Å². The molecule has 1 amide bonds. The zero-order chi connectivity index (χ0) is 29.8. The van der Waals surface area contributed by atoms with Gasteiger partial charge in [0.2, 0.25) is 0 Å². The molecule has 0 spiro atoms. The molecule has 0 saturated heterocycles. The van der Waals surface area contributed by atoms with Crippen molar-refractivity contribution in [2.24, 2.45) is 0 Å². The summed E-state index contributed by atoms with van der Waals surface area (Å²) in [6.07, 6.45) is 0.924. The Morgan fingerprint density at radius 2 is 1.64 bits per heavy atom. The van der Waals surface area contributed by atoms with E-state index in [4.69, 9.17) is 18.9 Å². The van der Waals surface area contributed by atoms with E-state index in [9.17, 15) is 9.59 Å². The zero-order valence-corrected chi connectivity index (χ0v) is 24.6. The second kappa shape index (κ2) is 12.4. The number of dihydropyridines is 1. The van der Waals surface area contributed by atoms with Crippen molar-refractivity contribution >= 4 is 17.4 Å². The number of carbonyl (C=O) groups is 2. The van der Waals surface area contributed by atoms with Crippen molar-refractivity contribution < 1.29 is 28.5 Å². The molecule has 8 nitrogen and oxygen atoms in total. The number of benzene rings is 3. The average molecular weight is 569 g/mol. The first kappa shape index (κ1) is 28.8. The van der Waals surface area contributed by atoms with Crippen molar-refractivity contribution in [1.82, 2.24) is 5.32 Å². The molecule has 0 aromatic heterocycles. The third-order valence-electron chi connectivity index (χ3n) is 7.80. The number of ether oxygens (including phenoxy) is 4. The van der Waals surface area contributed by atoms with Crippen LogP contribution < -0.4 is 29.6 Å². The van der Waals surface area contributed by atoms with E-state index in [1.54, 1.807) is 45.6 Å². The number of amides is 1. The molecule has 0 radical (unpaired) electrons. The first-order valence-corrected chi connectivity index (χ1v) is 14.0.